The zero-order valence-corrected chi connectivity index (χ0v) is 17.9. The number of nitrogens with zero attached hydrogens (tertiary/aromatic N) is 1. The van der Waals surface area contributed by atoms with E-state index in [1.54, 1.807) is 11.3 Å². The van der Waals surface area contributed by atoms with E-state index in [-0.39, 0.29) is 11.5 Å². The predicted octanol–water partition coefficient (Wildman–Crippen LogP) is 5.26. The molecular weight excluding hydrogens is 382 g/mol. The number of hydrogen-bond donors (Lipinski definition) is 0. The molecule has 154 valence electrons. The Labute approximate surface area is 176 Å². The number of rotatable bonds is 4. The van der Waals surface area contributed by atoms with Crippen LogP contribution in [0.15, 0.2) is 29.6 Å². The highest BCUT2D eigenvalue weighted by atomic mass is 32.1. The molecule has 2 aromatic rings. The molecule has 0 N–H and O–H groups in total. The van der Waals surface area contributed by atoms with Gasteiger partial charge in [-0.15, -0.1) is 11.3 Å². The van der Waals surface area contributed by atoms with Gasteiger partial charge in [-0.1, -0.05) is 18.9 Å². The van der Waals surface area contributed by atoms with E-state index in [0.29, 0.717) is 25.5 Å². The maximum Gasteiger partial charge on any atom is 0.223 e. The van der Waals surface area contributed by atoms with Crippen molar-refractivity contribution in [1.29, 1.82) is 0 Å². The first-order chi connectivity index (χ1) is 14.2. The topological polar surface area (TPSA) is 38.8 Å². The Balaban J connectivity index is 1.41. The highest BCUT2D eigenvalue weighted by Gasteiger charge is 2.46. The predicted molar refractivity (Wildman–Crippen MR) is 115 cm³/mol. The summed E-state index contributed by atoms with van der Waals surface area (Å²) >= 11 is 1.78. The molecule has 4 nitrogen and oxygen atoms in total. The summed E-state index contributed by atoms with van der Waals surface area (Å²) in [4.78, 5) is 16.8. The van der Waals surface area contributed by atoms with Crippen molar-refractivity contribution < 1.29 is 14.3 Å². The Hall–Kier alpha value is -2.01. The van der Waals surface area contributed by atoms with E-state index < -0.39 is 0 Å². The van der Waals surface area contributed by atoms with Gasteiger partial charge in [0.05, 0.1) is 6.04 Å². The molecule has 3 heterocycles. The van der Waals surface area contributed by atoms with Crippen molar-refractivity contribution in [2.45, 2.75) is 63.3 Å². The fraction of sp³-hybridized carbons (Fsp3) is 0.542. The lowest BCUT2D eigenvalue weighted by Gasteiger charge is -2.46. The third kappa shape index (κ3) is 3.43. The van der Waals surface area contributed by atoms with E-state index in [1.165, 1.54) is 28.8 Å². The smallest absolute Gasteiger partial charge is 0.223 e. The van der Waals surface area contributed by atoms with E-state index in [9.17, 15) is 4.79 Å². The zero-order chi connectivity index (χ0) is 19.8. The van der Waals surface area contributed by atoms with Crippen LogP contribution in [0.2, 0.25) is 0 Å². The second-order valence-corrected chi connectivity index (χ2v) is 9.73. The van der Waals surface area contributed by atoms with Gasteiger partial charge in [0.1, 0.15) is 13.2 Å². The lowest BCUT2D eigenvalue weighted by Crippen LogP contribution is -2.48. The van der Waals surface area contributed by atoms with Crippen LogP contribution in [0.25, 0.3) is 0 Å². The van der Waals surface area contributed by atoms with Crippen molar-refractivity contribution in [3.8, 4) is 11.5 Å². The monoisotopic (exact) mass is 411 g/mol. The molecular formula is C24H29NO3S. The van der Waals surface area contributed by atoms with Crippen LogP contribution in [0.4, 0.5) is 0 Å². The normalized spacial score (nSPS) is 22.0. The van der Waals surface area contributed by atoms with E-state index in [0.717, 1.165) is 43.7 Å². The summed E-state index contributed by atoms with van der Waals surface area (Å²) in [6.07, 6.45) is 7.33. The van der Waals surface area contributed by atoms with Crippen LogP contribution in [0.3, 0.4) is 0 Å². The van der Waals surface area contributed by atoms with Crippen molar-refractivity contribution in [1.82, 2.24) is 4.90 Å². The van der Waals surface area contributed by atoms with Crippen molar-refractivity contribution in [3.05, 3.63) is 45.6 Å². The minimum absolute atomic E-state index is 0.0844. The highest BCUT2D eigenvalue weighted by Crippen LogP contribution is 2.52. The maximum absolute atomic E-state index is 13.2. The Bertz CT molecular complexity index is 886. The second kappa shape index (κ2) is 7.67. The van der Waals surface area contributed by atoms with Gasteiger partial charge in [0.2, 0.25) is 5.91 Å². The van der Waals surface area contributed by atoms with Crippen molar-refractivity contribution in [3.63, 3.8) is 0 Å². The summed E-state index contributed by atoms with van der Waals surface area (Å²) in [7, 11) is 0. The second-order valence-electron chi connectivity index (χ2n) is 8.70. The average Bonchev–Trinajstić information content (AvgIpc) is 3.42. The van der Waals surface area contributed by atoms with Gasteiger partial charge in [-0.2, -0.15) is 0 Å². The van der Waals surface area contributed by atoms with Gasteiger partial charge in [-0.05, 0) is 67.3 Å². The van der Waals surface area contributed by atoms with Gasteiger partial charge in [0, 0.05) is 23.3 Å². The molecule has 1 amide bonds. The van der Waals surface area contributed by atoms with E-state index in [1.807, 2.05) is 0 Å². The van der Waals surface area contributed by atoms with Crippen LogP contribution in [0.1, 0.15) is 67.5 Å². The molecule has 0 bridgehead atoms. The molecule has 1 aliphatic carbocycles. The van der Waals surface area contributed by atoms with Crippen LogP contribution in [-0.2, 0) is 16.6 Å². The number of carbonyl (C=O) groups is 1. The van der Waals surface area contributed by atoms with Crippen LogP contribution >= 0.6 is 11.3 Å². The fourth-order valence-corrected chi connectivity index (χ4v) is 6.17. The molecule has 0 radical (unpaired) electrons. The largest absolute Gasteiger partial charge is 0.486 e. The summed E-state index contributed by atoms with van der Waals surface area (Å²) in [6.45, 7) is 4.23. The quantitative estimate of drug-likeness (QED) is 0.689. The molecule has 1 saturated carbocycles. The van der Waals surface area contributed by atoms with Gasteiger partial charge in [0.25, 0.3) is 0 Å². The molecule has 5 rings (SSSR count). The lowest BCUT2D eigenvalue weighted by molar-refractivity contribution is -0.135. The van der Waals surface area contributed by atoms with E-state index in [4.69, 9.17) is 9.47 Å². The summed E-state index contributed by atoms with van der Waals surface area (Å²) in [5.41, 5.74) is 2.74. The molecule has 29 heavy (non-hydrogen) atoms. The number of amides is 1. The Morgan fingerprint density at radius 3 is 2.69 bits per heavy atom. The minimum atomic E-state index is 0.0844. The molecule has 3 aliphatic rings. The van der Waals surface area contributed by atoms with E-state index >= 15 is 0 Å². The zero-order valence-electron chi connectivity index (χ0n) is 17.1. The van der Waals surface area contributed by atoms with Crippen LogP contribution in [-0.4, -0.2) is 30.6 Å². The SMILES string of the molecule is CC1c2cc3c(cc2C2(CCCC2)CN1C(=O)CCCc1cccs1)OCCO3. The van der Waals surface area contributed by atoms with Gasteiger partial charge in [-0.25, -0.2) is 0 Å². The summed E-state index contributed by atoms with van der Waals surface area (Å²) in [5.74, 6) is 2.01. The third-order valence-corrected chi connectivity index (χ3v) is 7.89. The van der Waals surface area contributed by atoms with Crippen molar-refractivity contribution in [2.75, 3.05) is 19.8 Å². The number of hydrogen-bond acceptors (Lipinski definition) is 4. The Morgan fingerprint density at radius 2 is 1.97 bits per heavy atom. The Morgan fingerprint density at radius 1 is 1.21 bits per heavy atom. The van der Waals surface area contributed by atoms with Crippen molar-refractivity contribution >= 4 is 17.2 Å². The molecule has 5 heteroatoms. The number of ether oxygens (including phenoxy) is 2. The highest BCUT2D eigenvalue weighted by molar-refractivity contribution is 7.09. The summed E-state index contributed by atoms with van der Waals surface area (Å²) < 4.78 is 11.7. The van der Waals surface area contributed by atoms with Crippen LogP contribution < -0.4 is 9.47 Å². The number of aryl methyl sites for hydroxylation is 1. The molecule has 1 fully saturated rings. The average molecular weight is 412 g/mol. The molecule has 2 aliphatic heterocycles. The first-order valence-corrected chi connectivity index (χ1v) is 11.8. The van der Waals surface area contributed by atoms with E-state index in [2.05, 4.69) is 41.5 Å². The first-order valence-electron chi connectivity index (χ1n) is 10.9. The Kier molecular flexibility index (Phi) is 5.02. The van der Waals surface area contributed by atoms with Gasteiger partial charge >= 0.3 is 0 Å². The maximum atomic E-state index is 13.2. The molecule has 1 aromatic carbocycles. The van der Waals surface area contributed by atoms with Gasteiger partial charge in [0.15, 0.2) is 11.5 Å². The first kappa shape index (κ1) is 19.0. The fourth-order valence-electron chi connectivity index (χ4n) is 5.42. The summed E-state index contributed by atoms with van der Waals surface area (Å²) in [5, 5.41) is 2.11. The summed E-state index contributed by atoms with van der Waals surface area (Å²) in [6, 6.07) is 8.71. The lowest BCUT2D eigenvalue weighted by atomic mass is 9.71. The minimum Gasteiger partial charge on any atom is -0.486 e. The number of carbonyl (C=O) groups excluding carboxylic acids is 1. The van der Waals surface area contributed by atoms with Crippen LogP contribution in [0, 0.1) is 0 Å². The number of fused-ring (bicyclic) bond motifs is 3. The molecule has 0 saturated heterocycles. The standard InChI is InChI=1S/C24H29NO3S/c1-17-19-14-21-22(28-12-11-27-21)15-20(19)24(9-2-3-10-24)16-25(17)23(26)8-4-6-18-7-5-13-29-18/h5,7,13-15,17H,2-4,6,8-12,16H2,1H3. The third-order valence-electron chi connectivity index (χ3n) is 6.95. The molecule has 1 aromatic heterocycles. The molecule has 1 atom stereocenters. The van der Waals surface area contributed by atoms with Gasteiger partial charge < -0.3 is 14.4 Å². The van der Waals surface area contributed by atoms with Crippen LogP contribution in [0.5, 0.6) is 11.5 Å². The van der Waals surface area contributed by atoms with Gasteiger partial charge in [-0.3, -0.25) is 4.79 Å². The number of benzene rings is 1. The molecule has 1 unspecified atom stereocenters. The number of thiophene rings is 1. The molecule has 1 spiro atoms. The van der Waals surface area contributed by atoms with Crippen molar-refractivity contribution in [2.24, 2.45) is 0 Å².